The van der Waals surface area contributed by atoms with Crippen LogP contribution in [0.25, 0.3) is 10.9 Å². The van der Waals surface area contributed by atoms with Crippen LogP contribution in [0.2, 0.25) is 0 Å². The number of nitriles is 1. The maximum Gasteiger partial charge on any atom is 0.165 e. The Morgan fingerprint density at radius 2 is 1.96 bits per heavy atom. The van der Waals surface area contributed by atoms with E-state index in [2.05, 4.69) is 4.98 Å². The molecule has 0 radical (unpaired) electrons. The second-order valence-corrected chi connectivity index (χ2v) is 7.69. The molecule has 0 bridgehead atoms. The first-order chi connectivity index (χ1) is 12.3. The van der Waals surface area contributed by atoms with Crippen LogP contribution in [0.3, 0.4) is 0 Å². The van der Waals surface area contributed by atoms with Crippen LogP contribution in [0.4, 0.5) is 4.39 Å². The lowest BCUT2D eigenvalue weighted by atomic mass is 10.1. The molecule has 0 fully saturated rings. The molecule has 1 aromatic heterocycles. The molecular formula is C18H14FN3O3S. The third kappa shape index (κ3) is 3.30. The van der Waals surface area contributed by atoms with Gasteiger partial charge in [-0.2, -0.15) is 5.26 Å². The Morgan fingerprint density at radius 3 is 2.54 bits per heavy atom. The van der Waals surface area contributed by atoms with E-state index >= 15 is 0 Å². The molecule has 0 amide bonds. The molecule has 0 saturated heterocycles. The zero-order chi connectivity index (χ0) is 18.9. The van der Waals surface area contributed by atoms with E-state index in [0.29, 0.717) is 21.5 Å². The lowest BCUT2D eigenvalue weighted by Crippen LogP contribution is -1.96. The number of pyridine rings is 1. The Labute approximate surface area is 149 Å². The molecule has 1 atom stereocenters. The van der Waals surface area contributed by atoms with Gasteiger partial charge in [0.1, 0.15) is 17.4 Å². The van der Waals surface area contributed by atoms with Crippen LogP contribution in [0, 0.1) is 21.9 Å². The first-order valence-electron chi connectivity index (χ1n) is 7.41. The molecule has 6 nitrogen and oxygen atoms in total. The number of halogens is 1. The minimum Gasteiger partial charge on any atom is -0.494 e. The van der Waals surface area contributed by atoms with E-state index in [9.17, 15) is 13.9 Å². The van der Waals surface area contributed by atoms with Gasteiger partial charge in [0.05, 0.1) is 22.4 Å². The number of rotatable bonds is 4. The number of ether oxygens (including phenoxy) is 2. The number of aromatic nitrogens is 1. The first-order valence-corrected chi connectivity index (χ1v) is 9.38. The second kappa shape index (κ2) is 6.61. The molecule has 0 spiro atoms. The Hall–Kier alpha value is -3.18. The van der Waals surface area contributed by atoms with Crippen LogP contribution in [0.5, 0.6) is 17.2 Å². The van der Waals surface area contributed by atoms with Gasteiger partial charge in [0.25, 0.3) is 0 Å². The van der Waals surface area contributed by atoms with E-state index in [4.69, 9.17) is 14.3 Å². The molecule has 8 heteroatoms. The maximum absolute atomic E-state index is 14.1. The zero-order valence-corrected chi connectivity index (χ0v) is 14.8. The van der Waals surface area contributed by atoms with Crippen LogP contribution in [0.1, 0.15) is 5.56 Å². The van der Waals surface area contributed by atoms with Crippen molar-refractivity contribution in [1.82, 2.24) is 4.98 Å². The predicted octanol–water partition coefficient (Wildman–Crippen LogP) is 4.08. The summed E-state index contributed by atoms with van der Waals surface area (Å²) >= 11 is 0. The van der Waals surface area contributed by atoms with Gasteiger partial charge in [-0.3, -0.25) is 4.98 Å². The van der Waals surface area contributed by atoms with Crippen molar-refractivity contribution in [3.8, 4) is 23.3 Å². The summed E-state index contributed by atoms with van der Waals surface area (Å²) in [7, 11) is -1.48. The van der Waals surface area contributed by atoms with E-state index in [1.807, 2.05) is 6.07 Å². The van der Waals surface area contributed by atoms with Crippen molar-refractivity contribution in [2.45, 2.75) is 4.90 Å². The van der Waals surface area contributed by atoms with Gasteiger partial charge in [0.15, 0.2) is 17.3 Å². The molecule has 132 valence electrons. The van der Waals surface area contributed by atoms with Crippen LogP contribution in [-0.2, 0) is 9.73 Å². The van der Waals surface area contributed by atoms with Gasteiger partial charge in [-0.25, -0.2) is 13.4 Å². The predicted molar refractivity (Wildman–Crippen MR) is 94.5 cm³/mol. The molecule has 26 heavy (non-hydrogen) atoms. The molecular weight excluding hydrogens is 357 g/mol. The fraction of sp³-hybridized carbons (Fsp3) is 0.111. The van der Waals surface area contributed by atoms with Crippen molar-refractivity contribution >= 4 is 20.6 Å². The molecule has 3 aromatic rings. The van der Waals surface area contributed by atoms with Gasteiger partial charge in [-0.05, 0) is 30.3 Å². The molecule has 1 N–H and O–H groups in total. The molecule has 0 aliphatic heterocycles. The normalized spacial score (nSPS) is 13.0. The summed E-state index contributed by atoms with van der Waals surface area (Å²) in [6.07, 6.45) is 2.66. The van der Waals surface area contributed by atoms with Crippen molar-refractivity contribution in [1.29, 1.82) is 10.0 Å². The minimum absolute atomic E-state index is 0.0400. The van der Waals surface area contributed by atoms with Crippen molar-refractivity contribution in [3.05, 3.63) is 54.0 Å². The van der Waals surface area contributed by atoms with Crippen LogP contribution < -0.4 is 9.47 Å². The van der Waals surface area contributed by atoms with E-state index in [0.717, 1.165) is 0 Å². The smallest absolute Gasteiger partial charge is 0.165 e. The molecule has 3 rings (SSSR count). The lowest BCUT2D eigenvalue weighted by molar-refractivity contribution is 0.387. The fourth-order valence-corrected chi connectivity index (χ4v) is 3.06. The second-order valence-electron chi connectivity index (χ2n) is 5.53. The summed E-state index contributed by atoms with van der Waals surface area (Å²) in [6, 6.07) is 10.7. The average molecular weight is 371 g/mol. The average Bonchev–Trinajstić information content (AvgIpc) is 2.61. The monoisotopic (exact) mass is 371 g/mol. The summed E-state index contributed by atoms with van der Waals surface area (Å²) < 4.78 is 44.2. The van der Waals surface area contributed by atoms with Gasteiger partial charge >= 0.3 is 0 Å². The number of methoxy groups -OCH3 is 1. The summed E-state index contributed by atoms with van der Waals surface area (Å²) in [5.74, 6) is -0.0392. The Morgan fingerprint density at radius 1 is 1.27 bits per heavy atom. The number of nitrogens with one attached hydrogen (secondary N) is 1. The van der Waals surface area contributed by atoms with E-state index in [1.165, 1.54) is 43.8 Å². The Bertz CT molecular complexity index is 1140. The van der Waals surface area contributed by atoms with E-state index in [-0.39, 0.29) is 17.1 Å². The molecule has 1 heterocycles. The quantitative estimate of drug-likeness (QED) is 0.745. The molecule has 0 unspecified atom stereocenters. The number of hydrogen-bond acceptors (Lipinski definition) is 6. The highest BCUT2D eigenvalue weighted by atomic mass is 32.2. The van der Waals surface area contributed by atoms with Crippen molar-refractivity contribution in [3.63, 3.8) is 0 Å². The molecule has 0 saturated carbocycles. The largest absolute Gasteiger partial charge is 0.494 e. The Balaban J connectivity index is 2.11. The van der Waals surface area contributed by atoms with Crippen molar-refractivity contribution < 1.29 is 18.1 Å². The summed E-state index contributed by atoms with van der Waals surface area (Å²) in [5.41, 5.74) is 0.558. The first kappa shape index (κ1) is 17.6. The van der Waals surface area contributed by atoms with E-state index in [1.54, 1.807) is 12.1 Å². The van der Waals surface area contributed by atoms with Crippen molar-refractivity contribution in [2.75, 3.05) is 13.4 Å². The molecule has 0 aliphatic carbocycles. The van der Waals surface area contributed by atoms with Crippen LogP contribution in [-0.4, -0.2) is 22.6 Å². The Kier molecular flexibility index (Phi) is 4.49. The fourth-order valence-electron chi connectivity index (χ4n) is 2.40. The lowest BCUT2D eigenvalue weighted by Gasteiger charge is -2.12. The topological polar surface area (TPSA) is 96.1 Å². The molecule has 2 aromatic carbocycles. The number of nitrogens with zero attached hydrogens (tertiary/aromatic N) is 2. The summed E-state index contributed by atoms with van der Waals surface area (Å²) in [6.45, 7) is 0. The summed E-state index contributed by atoms with van der Waals surface area (Å²) in [4.78, 5) is 4.50. The highest BCUT2D eigenvalue weighted by Crippen LogP contribution is 2.35. The van der Waals surface area contributed by atoms with Gasteiger partial charge in [-0.1, -0.05) is 0 Å². The highest BCUT2D eigenvalue weighted by Gasteiger charge is 2.15. The minimum atomic E-state index is -2.83. The third-order valence-corrected chi connectivity index (χ3v) is 4.88. The van der Waals surface area contributed by atoms with E-state index < -0.39 is 15.5 Å². The molecule has 0 aliphatic rings. The third-order valence-electron chi connectivity index (χ3n) is 3.71. The summed E-state index contributed by atoms with van der Waals surface area (Å²) in [5, 5.41) is 9.65. The SMILES string of the molecule is COc1cc2ncc(C#N)c(Oc3ccc([S@](C)(=N)=O)cc3)c2cc1F. The standard InChI is InChI=1S/C18H14FN3O3S/c1-24-17-8-16-14(7-15(17)19)18(11(9-20)10-22-16)25-12-3-5-13(6-4-12)26(2,21)23/h3-8,10,21H,1-2H3/t26-/m1/s1. The van der Waals surface area contributed by atoms with Gasteiger partial charge in [-0.15, -0.1) is 0 Å². The van der Waals surface area contributed by atoms with Gasteiger partial charge in [0, 0.05) is 28.8 Å². The number of fused-ring (bicyclic) bond motifs is 1. The maximum atomic E-state index is 14.1. The van der Waals surface area contributed by atoms with Gasteiger partial charge in [0.2, 0.25) is 0 Å². The van der Waals surface area contributed by atoms with Crippen molar-refractivity contribution in [2.24, 2.45) is 0 Å². The van der Waals surface area contributed by atoms with Crippen LogP contribution in [0.15, 0.2) is 47.5 Å². The van der Waals surface area contributed by atoms with Crippen LogP contribution >= 0.6 is 0 Å². The number of hydrogen-bond donors (Lipinski definition) is 1. The highest BCUT2D eigenvalue weighted by molar-refractivity contribution is 7.91. The zero-order valence-electron chi connectivity index (χ0n) is 13.9. The van der Waals surface area contributed by atoms with Gasteiger partial charge < -0.3 is 9.47 Å². The number of benzene rings is 2.